The lowest BCUT2D eigenvalue weighted by molar-refractivity contribution is -0.130. The maximum Gasteiger partial charge on any atom is 0.328 e. The summed E-state index contributed by atoms with van der Waals surface area (Å²) in [6, 6.07) is 12.6. The first-order valence-corrected chi connectivity index (χ1v) is 8.42. The number of carbonyl (C=O) groups is 1. The molecule has 0 aliphatic rings. The summed E-state index contributed by atoms with van der Waals surface area (Å²) in [7, 11) is 1.74. The van der Waals surface area contributed by atoms with Crippen molar-refractivity contribution in [3.05, 3.63) is 75.2 Å². The quantitative estimate of drug-likeness (QED) is 0.721. The van der Waals surface area contributed by atoms with E-state index in [4.69, 9.17) is 0 Å². The van der Waals surface area contributed by atoms with Gasteiger partial charge in [-0.05, 0) is 24.3 Å². The van der Waals surface area contributed by atoms with E-state index >= 15 is 0 Å². The van der Waals surface area contributed by atoms with E-state index in [1.807, 2.05) is 18.2 Å². The number of benzene rings is 1. The number of aromatic amines is 1. The van der Waals surface area contributed by atoms with Crippen molar-refractivity contribution in [1.29, 1.82) is 0 Å². The summed E-state index contributed by atoms with van der Waals surface area (Å²) >= 11 is 0. The number of nitrogens with one attached hydrogen (secondary N) is 1. The zero-order chi connectivity index (χ0) is 18.5. The van der Waals surface area contributed by atoms with Gasteiger partial charge in [0, 0.05) is 44.9 Å². The number of carbonyl (C=O) groups excluding carboxylic acids is 1. The van der Waals surface area contributed by atoms with E-state index in [2.05, 4.69) is 9.97 Å². The third-order valence-electron chi connectivity index (χ3n) is 4.31. The molecule has 1 aromatic carbocycles. The third kappa shape index (κ3) is 3.88. The lowest BCUT2D eigenvalue weighted by Gasteiger charge is -2.17. The number of hydrogen-bond acceptors (Lipinski definition) is 4. The van der Waals surface area contributed by atoms with E-state index in [1.165, 1.54) is 4.57 Å². The van der Waals surface area contributed by atoms with Crippen LogP contribution in [0.5, 0.6) is 0 Å². The van der Waals surface area contributed by atoms with Crippen molar-refractivity contribution in [1.82, 2.24) is 19.4 Å². The van der Waals surface area contributed by atoms with Gasteiger partial charge in [-0.15, -0.1) is 0 Å². The second-order valence-electron chi connectivity index (χ2n) is 6.06. The molecule has 0 unspecified atom stereocenters. The minimum absolute atomic E-state index is 0.0666. The number of likely N-dealkylation sites (N-methyl/N-ethyl adjacent to an activating group) is 1. The summed E-state index contributed by atoms with van der Waals surface area (Å²) < 4.78 is 1.43. The highest BCUT2D eigenvalue weighted by atomic mass is 16.2. The lowest BCUT2D eigenvalue weighted by Crippen LogP contribution is -2.33. The maximum absolute atomic E-state index is 12.4. The molecule has 0 spiro atoms. The number of para-hydroxylation sites is 1. The summed E-state index contributed by atoms with van der Waals surface area (Å²) in [5.41, 5.74) is 0.540. The molecule has 134 valence electrons. The van der Waals surface area contributed by atoms with Crippen LogP contribution in [-0.4, -0.2) is 38.9 Å². The second-order valence-corrected chi connectivity index (χ2v) is 6.06. The van der Waals surface area contributed by atoms with Crippen LogP contribution < -0.4 is 11.2 Å². The Bertz CT molecular complexity index is 1020. The predicted octanol–water partition coefficient (Wildman–Crippen LogP) is 1.18. The van der Waals surface area contributed by atoms with E-state index in [0.717, 1.165) is 5.69 Å². The molecule has 7 heteroatoms. The van der Waals surface area contributed by atoms with Crippen LogP contribution in [0.15, 0.2) is 58.3 Å². The van der Waals surface area contributed by atoms with Crippen LogP contribution in [0.3, 0.4) is 0 Å². The average Bonchev–Trinajstić information content (AvgIpc) is 2.66. The van der Waals surface area contributed by atoms with Gasteiger partial charge in [-0.2, -0.15) is 0 Å². The van der Waals surface area contributed by atoms with Gasteiger partial charge in [0.25, 0.3) is 5.56 Å². The number of fused-ring (bicyclic) bond motifs is 1. The highest BCUT2D eigenvalue weighted by molar-refractivity contribution is 5.78. The number of hydrogen-bond donors (Lipinski definition) is 1. The van der Waals surface area contributed by atoms with Gasteiger partial charge in [0.15, 0.2) is 0 Å². The Morgan fingerprint density at radius 3 is 2.69 bits per heavy atom. The molecule has 0 fully saturated rings. The normalized spacial score (nSPS) is 10.8. The van der Waals surface area contributed by atoms with Crippen molar-refractivity contribution < 1.29 is 4.79 Å². The molecule has 0 bridgehead atoms. The van der Waals surface area contributed by atoms with Crippen molar-refractivity contribution in [2.45, 2.75) is 19.4 Å². The molecule has 1 N–H and O–H groups in total. The smallest absolute Gasteiger partial charge is 0.328 e. The van der Waals surface area contributed by atoms with Crippen LogP contribution >= 0.6 is 0 Å². The molecule has 2 heterocycles. The Morgan fingerprint density at radius 2 is 1.92 bits per heavy atom. The fourth-order valence-corrected chi connectivity index (χ4v) is 2.82. The first-order chi connectivity index (χ1) is 12.6. The molecule has 0 saturated carbocycles. The van der Waals surface area contributed by atoms with Crippen LogP contribution in [0.4, 0.5) is 0 Å². The van der Waals surface area contributed by atoms with Crippen LogP contribution in [0.25, 0.3) is 10.9 Å². The molecule has 0 aliphatic carbocycles. The molecular formula is C19H20N4O3. The number of pyridine rings is 1. The fourth-order valence-electron chi connectivity index (χ4n) is 2.82. The van der Waals surface area contributed by atoms with Crippen molar-refractivity contribution in [2.75, 3.05) is 13.6 Å². The number of aryl methyl sites for hydroxylation is 1. The van der Waals surface area contributed by atoms with E-state index in [-0.39, 0.29) is 18.9 Å². The lowest BCUT2D eigenvalue weighted by atomic mass is 10.2. The van der Waals surface area contributed by atoms with Crippen LogP contribution in [-0.2, 0) is 17.8 Å². The fraction of sp³-hybridized carbons (Fsp3) is 0.263. The molecular weight excluding hydrogens is 332 g/mol. The van der Waals surface area contributed by atoms with Gasteiger partial charge < -0.3 is 4.90 Å². The number of rotatable bonds is 6. The van der Waals surface area contributed by atoms with Crippen LogP contribution in [0.1, 0.15) is 12.1 Å². The first kappa shape index (κ1) is 17.6. The van der Waals surface area contributed by atoms with E-state index in [1.54, 1.807) is 42.4 Å². The van der Waals surface area contributed by atoms with Gasteiger partial charge in [-0.3, -0.25) is 24.1 Å². The van der Waals surface area contributed by atoms with Crippen molar-refractivity contribution in [3.8, 4) is 0 Å². The van der Waals surface area contributed by atoms with Gasteiger partial charge in [0.1, 0.15) is 0 Å². The maximum atomic E-state index is 12.4. The van der Waals surface area contributed by atoms with Crippen LogP contribution in [0.2, 0.25) is 0 Å². The standard InChI is InChI=1S/C19H20N4O3/c1-22(12-9-14-6-4-5-11-20-14)17(24)10-13-23-16-8-3-2-7-15(16)18(25)21-19(23)26/h2-8,11H,9-10,12-13H2,1H3,(H,21,25,26). The molecule has 0 radical (unpaired) electrons. The molecule has 0 saturated heterocycles. The van der Waals surface area contributed by atoms with Crippen molar-refractivity contribution in [3.63, 3.8) is 0 Å². The zero-order valence-electron chi connectivity index (χ0n) is 14.5. The summed E-state index contributed by atoms with van der Waals surface area (Å²) in [6.45, 7) is 0.764. The summed E-state index contributed by atoms with van der Waals surface area (Å²) in [4.78, 5) is 44.5. The Labute approximate surface area is 149 Å². The Balaban J connectivity index is 1.67. The largest absolute Gasteiger partial charge is 0.345 e. The Kier molecular flexibility index (Phi) is 5.26. The zero-order valence-corrected chi connectivity index (χ0v) is 14.5. The molecule has 3 aromatic rings. The van der Waals surface area contributed by atoms with E-state index in [9.17, 15) is 14.4 Å². The molecule has 1 amide bonds. The molecule has 7 nitrogen and oxygen atoms in total. The van der Waals surface area contributed by atoms with E-state index in [0.29, 0.717) is 23.9 Å². The number of aromatic nitrogens is 3. The number of H-pyrrole nitrogens is 1. The van der Waals surface area contributed by atoms with Gasteiger partial charge in [0.2, 0.25) is 5.91 Å². The molecule has 0 atom stereocenters. The van der Waals surface area contributed by atoms with Crippen molar-refractivity contribution in [2.24, 2.45) is 0 Å². The molecule has 3 rings (SSSR count). The predicted molar refractivity (Wildman–Crippen MR) is 99.0 cm³/mol. The SMILES string of the molecule is CN(CCc1ccccn1)C(=O)CCn1c(=O)[nH]c(=O)c2ccccc21. The summed E-state index contributed by atoms with van der Waals surface area (Å²) in [6.07, 6.45) is 2.57. The third-order valence-corrected chi connectivity index (χ3v) is 4.31. The Morgan fingerprint density at radius 1 is 1.15 bits per heavy atom. The monoisotopic (exact) mass is 352 g/mol. The summed E-state index contributed by atoms with van der Waals surface area (Å²) in [5.74, 6) is -0.0666. The minimum atomic E-state index is -0.502. The minimum Gasteiger partial charge on any atom is -0.345 e. The topological polar surface area (TPSA) is 88.1 Å². The second kappa shape index (κ2) is 7.77. The molecule has 2 aromatic heterocycles. The first-order valence-electron chi connectivity index (χ1n) is 8.42. The van der Waals surface area contributed by atoms with Crippen LogP contribution in [0, 0.1) is 0 Å². The van der Waals surface area contributed by atoms with E-state index < -0.39 is 11.2 Å². The number of nitrogens with zero attached hydrogens (tertiary/aromatic N) is 3. The van der Waals surface area contributed by atoms with Gasteiger partial charge in [0.05, 0.1) is 10.9 Å². The average molecular weight is 352 g/mol. The summed E-state index contributed by atoms with van der Waals surface area (Å²) in [5, 5.41) is 0.433. The Hall–Kier alpha value is -3.22. The highest BCUT2D eigenvalue weighted by Crippen LogP contribution is 2.07. The van der Waals surface area contributed by atoms with Gasteiger partial charge in [-0.25, -0.2) is 4.79 Å². The number of amides is 1. The molecule has 26 heavy (non-hydrogen) atoms. The highest BCUT2D eigenvalue weighted by Gasteiger charge is 2.12. The van der Waals surface area contributed by atoms with Crippen molar-refractivity contribution >= 4 is 16.8 Å². The van der Waals surface area contributed by atoms with Gasteiger partial charge in [-0.1, -0.05) is 18.2 Å². The van der Waals surface area contributed by atoms with Gasteiger partial charge >= 0.3 is 5.69 Å². The molecule has 0 aliphatic heterocycles.